The molecule has 2 heterocycles. The number of nitrogen functional groups attached to an aromatic ring is 1. The van der Waals surface area contributed by atoms with E-state index in [1.165, 1.54) is 22.6 Å². The van der Waals surface area contributed by atoms with Crippen molar-refractivity contribution in [1.82, 2.24) is 14.3 Å². The van der Waals surface area contributed by atoms with Crippen LogP contribution in [-0.4, -0.2) is 22.7 Å². The Balaban J connectivity index is 1.98. The van der Waals surface area contributed by atoms with E-state index in [2.05, 4.69) is 9.97 Å². The fourth-order valence-electron chi connectivity index (χ4n) is 2.35. The number of aryl methyl sites for hydroxylation is 1. The molecule has 0 saturated carbocycles. The highest BCUT2D eigenvalue weighted by Crippen LogP contribution is 2.29. The van der Waals surface area contributed by atoms with Gasteiger partial charge in [0.25, 0.3) is 0 Å². The lowest BCUT2D eigenvalue weighted by Gasteiger charge is -2.16. The van der Waals surface area contributed by atoms with Gasteiger partial charge >= 0.3 is 0 Å². The first-order valence-electron chi connectivity index (χ1n) is 6.24. The summed E-state index contributed by atoms with van der Waals surface area (Å²) in [6.07, 6.45) is 1.53. The predicted molar refractivity (Wildman–Crippen MR) is 74.0 cm³/mol. The molecule has 0 aliphatic carbocycles. The predicted octanol–water partition coefficient (Wildman–Crippen LogP) is 1.21. The highest BCUT2D eigenvalue weighted by atomic mass is 32.2. The van der Waals surface area contributed by atoms with Crippen LogP contribution in [0.25, 0.3) is 0 Å². The summed E-state index contributed by atoms with van der Waals surface area (Å²) in [5.74, 6) is -0.347. The summed E-state index contributed by atoms with van der Waals surface area (Å²) in [6.45, 7) is 1.90. The molecule has 0 amide bonds. The van der Waals surface area contributed by atoms with Crippen molar-refractivity contribution in [3.63, 3.8) is 0 Å². The Labute approximate surface area is 121 Å². The third kappa shape index (κ3) is 2.36. The van der Waals surface area contributed by atoms with Crippen LogP contribution >= 0.6 is 0 Å². The van der Waals surface area contributed by atoms with Crippen LogP contribution in [-0.2, 0) is 23.1 Å². The largest absolute Gasteiger partial charge is 0.368 e. The molecule has 0 spiro atoms. The van der Waals surface area contributed by atoms with Crippen molar-refractivity contribution >= 4 is 16.0 Å². The van der Waals surface area contributed by atoms with Crippen LogP contribution in [0.15, 0.2) is 29.3 Å². The molecule has 3 rings (SSSR count). The van der Waals surface area contributed by atoms with Crippen LogP contribution < -0.4 is 5.73 Å². The maximum absolute atomic E-state index is 13.1. The molecule has 0 atom stereocenters. The van der Waals surface area contributed by atoms with Crippen LogP contribution in [0.4, 0.5) is 10.3 Å². The quantitative estimate of drug-likeness (QED) is 0.900. The van der Waals surface area contributed by atoms with Gasteiger partial charge in [0, 0.05) is 18.3 Å². The number of anilines is 1. The molecule has 1 aromatic carbocycles. The van der Waals surface area contributed by atoms with Crippen molar-refractivity contribution < 1.29 is 12.8 Å². The van der Waals surface area contributed by atoms with Gasteiger partial charge in [-0.2, -0.15) is 4.31 Å². The molecule has 6 nitrogen and oxygen atoms in total. The van der Waals surface area contributed by atoms with Crippen molar-refractivity contribution in [3.05, 3.63) is 47.0 Å². The van der Waals surface area contributed by atoms with E-state index in [1.54, 1.807) is 6.92 Å². The van der Waals surface area contributed by atoms with Crippen molar-refractivity contribution in [2.45, 2.75) is 24.9 Å². The Kier molecular flexibility index (Phi) is 3.14. The van der Waals surface area contributed by atoms with Crippen LogP contribution in [0.2, 0.25) is 0 Å². The molecule has 8 heteroatoms. The number of fused-ring (bicyclic) bond motifs is 1. The number of hydrogen-bond acceptors (Lipinski definition) is 5. The first-order chi connectivity index (χ1) is 9.88. The van der Waals surface area contributed by atoms with Crippen molar-refractivity contribution in [2.24, 2.45) is 0 Å². The van der Waals surface area contributed by atoms with Crippen LogP contribution in [0.3, 0.4) is 0 Å². The third-order valence-corrected chi connectivity index (χ3v) is 5.35. The maximum atomic E-state index is 13.1. The zero-order valence-electron chi connectivity index (χ0n) is 11.2. The zero-order valence-corrected chi connectivity index (χ0v) is 12.1. The molecule has 2 aromatic rings. The molecule has 0 fully saturated rings. The van der Waals surface area contributed by atoms with E-state index in [1.807, 2.05) is 0 Å². The SMILES string of the molecule is Cc1cc(F)ccc1S(=O)(=O)N1Cc2cnc(N)nc2C1. The van der Waals surface area contributed by atoms with Gasteiger partial charge in [-0.05, 0) is 30.7 Å². The number of nitrogens with zero attached hydrogens (tertiary/aromatic N) is 3. The van der Waals surface area contributed by atoms with Crippen LogP contribution in [0, 0.1) is 12.7 Å². The van der Waals surface area contributed by atoms with E-state index >= 15 is 0 Å². The third-order valence-electron chi connectivity index (χ3n) is 3.40. The fourth-order valence-corrected chi connectivity index (χ4v) is 3.94. The summed E-state index contributed by atoms with van der Waals surface area (Å²) in [5.41, 5.74) is 7.21. The van der Waals surface area contributed by atoms with Crippen LogP contribution in [0.5, 0.6) is 0 Å². The summed E-state index contributed by atoms with van der Waals surface area (Å²) < 4.78 is 39.7. The normalized spacial score (nSPS) is 15.1. The lowest BCUT2D eigenvalue weighted by atomic mass is 10.2. The molecule has 0 unspecified atom stereocenters. The maximum Gasteiger partial charge on any atom is 0.244 e. The first-order valence-corrected chi connectivity index (χ1v) is 7.68. The minimum Gasteiger partial charge on any atom is -0.368 e. The highest BCUT2D eigenvalue weighted by molar-refractivity contribution is 7.89. The van der Waals surface area contributed by atoms with Crippen molar-refractivity contribution in [1.29, 1.82) is 0 Å². The summed E-state index contributed by atoms with van der Waals surface area (Å²) in [7, 11) is -3.71. The molecule has 0 saturated heterocycles. The van der Waals surface area contributed by atoms with E-state index in [0.29, 0.717) is 11.3 Å². The Hall–Kier alpha value is -2.06. The Morgan fingerprint density at radius 1 is 1.33 bits per heavy atom. The van der Waals surface area contributed by atoms with Gasteiger partial charge in [-0.3, -0.25) is 0 Å². The molecule has 1 aliphatic rings. The van der Waals surface area contributed by atoms with Gasteiger partial charge in [0.15, 0.2) is 0 Å². The first kappa shape index (κ1) is 13.9. The number of sulfonamides is 1. The smallest absolute Gasteiger partial charge is 0.244 e. The Morgan fingerprint density at radius 3 is 2.81 bits per heavy atom. The van der Waals surface area contributed by atoms with Crippen molar-refractivity contribution in [3.8, 4) is 0 Å². The summed E-state index contributed by atoms with van der Waals surface area (Å²) in [5, 5.41) is 0. The number of halogens is 1. The average Bonchev–Trinajstić information content (AvgIpc) is 2.81. The topological polar surface area (TPSA) is 89.2 Å². The summed E-state index contributed by atoms with van der Waals surface area (Å²) in [6, 6.07) is 3.62. The number of rotatable bonds is 2. The Bertz CT molecular complexity index is 823. The monoisotopic (exact) mass is 308 g/mol. The minimum absolute atomic E-state index is 0.0950. The zero-order chi connectivity index (χ0) is 15.2. The molecule has 1 aliphatic heterocycles. The average molecular weight is 308 g/mol. The summed E-state index contributed by atoms with van der Waals surface area (Å²) in [4.78, 5) is 8.01. The van der Waals surface area contributed by atoms with E-state index in [9.17, 15) is 12.8 Å². The van der Waals surface area contributed by atoms with Crippen LogP contribution in [0.1, 0.15) is 16.8 Å². The molecule has 110 valence electrons. The van der Waals surface area contributed by atoms with Gasteiger partial charge < -0.3 is 5.73 Å². The minimum atomic E-state index is -3.71. The lowest BCUT2D eigenvalue weighted by molar-refractivity contribution is 0.429. The molecular weight excluding hydrogens is 295 g/mol. The number of hydrogen-bond donors (Lipinski definition) is 1. The number of nitrogens with two attached hydrogens (primary N) is 1. The second-order valence-corrected chi connectivity index (χ2v) is 6.79. The van der Waals surface area contributed by atoms with Gasteiger partial charge in [0.1, 0.15) is 5.82 Å². The molecule has 2 N–H and O–H groups in total. The number of aromatic nitrogens is 2. The second kappa shape index (κ2) is 4.74. The van der Waals surface area contributed by atoms with Gasteiger partial charge in [0.2, 0.25) is 16.0 Å². The van der Waals surface area contributed by atoms with E-state index < -0.39 is 15.8 Å². The fraction of sp³-hybridized carbons (Fsp3) is 0.231. The molecule has 1 aromatic heterocycles. The Morgan fingerprint density at radius 2 is 2.10 bits per heavy atom. The standard InChI is InChI=1S/C13H13FN4O2S/c1-8-4-10(14)2-3-12(8)21(19,20)18-6-9-5-16-13(15)17-11(9)7-18/h2-5H,6-7H2,1H3,(H2,15,16,17). The van der Waals surface area contributed by atoms with E-state index in [-0.39, 0.29) is 23.9 Å². The van der Waals surface area contributed by atoms with E-state index in [4.69, 9.17) is 5.73 Å². The van der Waals surface area contributed by atoms with Crippen molar-refractivity contribution in [2.75, 3.05) is 5.73 Å². The molecular formula is C13H13FN4O2S. The number of benzene rings is 1. The van der Waals surface area contributed by atoms with Gasteiger partial charge in [-0.1, -0.05) is 0 Å². The lowest BCUT2D eigenvalue weighted by Crippen LogP contribution is -2.26. The van der Waals surface area contributed by atoms with Gasteiger partial charge in [0.05, 0.1) is 17.1 Å². The molecule has 21 heavy (non-hydrogen) atoms. The van der Waals surface area contributed by atoms with E-state index in [0.717, 1.165) is 11.6 Å². The molecule has 0 radical (unpaired) electrons. The van der Waals surface area contributed by atoms with Gasteiger partial charge in [-0.15, -0.1) is 0 Å². The van der Waals surface area contributed by atoms with Gasteiger partial charge in [-0.25, -0.2) is 22.8 Å². The molecule has 0 bridgehead atoms. The highest BCUT2D eigenvalue weighted by Gasteiger charge is 2.32. The summed E-state index contributed by atoms with van der Waals surface area (Å²) >= 11 is 0. The second-order valence-electron chi connectivity index (χ2n) is 4.88.